The number of nitrogens with zero attached hydrogens (tertiary/aromatic N) is 2. The van der Waals surface area contributed by atoms with Gasteiger partial charge in [-0.2, -0.15) is 0 Å². The third kappa shape index (κ3) is 7.33. The maximum absolute atomic E-state index is 12.9. The fourth-order valence-corrected chi connectivity index (χ4v) is 12.3. The Balaban J connectivity index is 1.11. The van der Waals surface area contributed by atoms with Crippen LogP contribution in [0.2, 0.25) is 0 Å². The van der Waals surface area contributed by atoms with Crippen molar-refractivity contribution in [2.24, 2.45) is 0 Å². The molecule has 0 amide bonds. The van der Waals surface area contributed by atoms with Crippen molar-refractivity contribution in [1.29, 1.82) is 0 Å². The number of carbonyl (C=O) groups is 3. The number of aromatic nitrogens is 2. The van der Waals surface area contributed by atoms with Gasteiger partial charge in [-0.1, -0.05) is 66.4 Å². The van der Waals surface area contributed by atoms with Crippen molar-refractivity contribution >= 4 is 39.7 Å². The van der Waals surface area contributed by atoms with Crippen molar-refractivity contribution in [2.75, 3.05) is 19.8 Å². The van der Waals surface area contributed by atoms with Crippen molar-refractivity contribution in [2.45, 2.75) is 81.0 Å². The molecule has 4 aliphatic carbocycles. The summed E-state index contributed by atoms with van der Waals surface area (Å²) in [6.45, 7) is 6.38. The molecule has 0 saturated heterocycles. The molecule has 0 unspecified atom stereocenters. The molecule has 4 fully saturated rings. The first-order chi connectivity index (χ1) is 31.6. The molecule has 8 nitrogen and oxygen atoms in total. The van der Waals surface area contributed by atoms with Crippen LogP contribution in [0.1, 0.15) is 124 Å². The van der Waals surface area contributed by atoms with Gasteiger partial charge in [0.25, 0.3) is 0 Å². The summed E-state index contributed by atoms with van der Waals surface area (Å²) in [5, 5.41) is 1.97. The Hall–Kier alpha value is -7.11. The summed E-state index contributed by atoms with van der Waals surface area (Å²) in [7, 11) is 0. The number of carbonyl (C=O) groups excluding carboxylic acids is 3. The molecular weight excluding hydrogens is 809 g/mol. The third-order valence-corrected chi connectivity index (χ3v) is 14.4. The monoisotopic (exact) mass is 858 g/mol. The zero-order chi connectivity index (χ0) is 44.8. The van der Waals surface area contributed by atoms with Crippen LogP contribution in [-0.4, -0.2) is 47.7 Å². The van der Waals surface area contributed by atoms with Gasteiger partial charge in [-0.25, -0.2) is 14.4 Å². The molecule has 0 aliphatic heterocycles. The number of ether oxygens (including phenoxy) is 3. The molecule has 11 rings (SSSR count). The first-order valence-corrected chi connectivity index (χ1v) is 22.7. The molecular formula is C57H50N2O6. The van der Waals surface area contributed by atoms with Crippen molar-refractivity contribution in [1.82, 2.24) is 9.97 Å². The van der Waals surface area contributed by atoms with E-state index >= 15 is 0 Å². The van der Waals surface area contributed by atoms with Crippen LogP contribution >= 0.6 is 0 Å². The molecule has 0 atom stereocenters. The van der Waals surface area contributed by atoms with E-state index < -0.39 is 0 Å². The molecule has 8 heteroatoms. The van der Waals surface area contributed by atoms with Crippen LogP contribution in [-0.2, 0) is 35.9 Å². The van der Waals surface area contributed by atoms with E-state index in [1.807, 2.05) is 75.4 Å². The van der Waals surface area contributed by atoms with Gasteiger partial charge in [-0.05, 0) is 176 Å². The lowest BCUT2D eigenvalue weighted by atomic mass is 9.32. The summed E-state index contributed by atoms with van der Waals surface area (Å²) in [6.07, 6.45) is 9.03. The van der Waals surface area contributed by atoms with Gasteiger partial charge in [0.2, 0.25) is 0 Å². The minimum atomic E-state index is -0.331. The highest BCUT2D eigenvalue weighted by Gasteiger charge is 2.69. The number of esters is 3. The smallest absolute Gasteiger partial charge is 0.338 e. The SMILES string of the molecule is CCOC(=O)c1ccc(C23CC4(c5ccc(C#Cc6cc7cccnc7c7ncccc67)cc5)CC(c5ccc(C(=O)OCC)cc5)(C2)CC(c2ccc(C(=O)OCC)cc2)(C4)C3)cc1. The fraction of sp³-hybridized carbons (Fsp3) is 0.281. The molecule has 4 bridgehead atoms. The van der Waals surface area contributed by atoms with Gasteiger partial charge < -0.3 is 14.2 Å². The van der Waals surface area contributed by atoms with Crippen LogP contribution in [0.4, 0.5) is 0 Å². The second-order valence-electron chi connectivity index (χ2n) is 18.3. The van der Waals surface area contributed by atoms with Gasteiger partial charge in [0.05, 0.1) is 47.5 Å². The first-order valence-electron chi connectivity index (χ1n) is 22.7. The van der Waals surface area contributed by atoms with E-state index in [2.05, 4.69) is 94.6 Å². The van der Waals surface area contributed by atoms with E-state index in [-0.39, 0.29) is 39.6 Å². The van der Waals surface area contributed by atoms with Gasteiger partial charge in [-0.3, -0.25) is 9.97 Å². The largest absolute Gasteiger partial charge is 0.462 e. The van der Waals surface area contributed by atoms with Crippen LogP contribution in [0, 0.1) is 11.8 Å². The summed E-state index contributed by atoms with van der Waals surface area (Å²) in [4.78, 5) is 48.0. The molecule has 5 aromatic carbocycles. The minimum Gasteiger partial charge on any atom is -0.462 e. The predicted molar refractivity (Wildman–Crippen MR) is 251 cm³/mol. The molecule has 4 aliphatic rings. The van der Waals surface area contributed by atoms with E-state index in [1.165, 1.54) is 22.3 Å². The van der Waals surface area contributed by atoms with Crippen molar-refractivity contribution < 1.29 is 28.6 Å². The van der Waals surface area contributed by atoms with E-state index in [0.29, 0.717) is 36.5 Å². The number of fused-ring (bicyclic) bond motifs is 3. The first kappa shape index (κ1) is 41.9. The van der Waals surface area contributed by atoms with Gasteiger partial charge in [-0.15, -0.1) is 0 Å². The van der Waals surface area contributed by atoms with E-state index in [1.54, 1.807) is 12.4 Å². The van der Waals surface area contributed by atoms with Gasteiger partial charge in [0.1, 0.15) is 0 Å². The number of hydrogen-bond acceptors (Lipinski definition) is 8. The molecule has 0 spiro atoms. The number of benzene rings is 5. The quantitative estimate of drug-likeness (QED) is 0.0580. The Bertz CT molecular complexity index is 2840. The van der Waals surface area contributed by atoms with E-state index in [0.717, 1.165) is 71.5 Å². The van der Waals surface area contributed by atoms with Gasteiger partial charge in [0, 0.05) is 34.3 Å². The topological polar surface area (TPSA) is 105 Å². The Morgan fingerprint density at radius 1 is 0.477 bits per heavy atom. The van der Waals surface area contributed by atoms with Crippen LogP contribution in [0.5, 0.6) is 0 Å². The Kier molecular flexibility index (Phi) is 10.6. The van der Waals surface area contributed by atoms with Gasteiger partial charge in [0.15, 0.2) is 0 Å². The molecule has 65 heavy (non-hydrogen) atoms. The lowest BCUT2D eigenvalue weighted by molar-refractivity contribution is -0.0692. The Morgan fingerprint density at radius 3 is 1.25 bits per heavy atom. The normalized spacial score (nSPS) is 22.8. The fourth-order valence-electron chi connectivity index (χ4n) is 12.3. The molecule has 0 radical (unpaired) electrons. The molecule has 4 saturated carbocycles. The summed E-state index contributed by atoms with van der Waals surface area (Å²) >= 11 is 0. The number of rotatable bonds is 10. The van der Waals surface area contributed by atoms with E-state index in [4.69, 9.17) is 14.2 Å². The maximum atomic E-state index is 12.9. The standard InChI is InChI=1S/C57H50N2O6/c1-4-63-51(60)39-15-23-45(24-16-39)55-32-54(44-21-12-38(13-22-44)11-14-42-31-43-9-7-29-58-49(43)50-48(42)10-8-30-59-50)33-56(35-55,46-25-17-40(18-26-46)52(61)64-5-2)37-57(34-54,36-55)47-27-19-41(20-28-47)53(62)65-6-3/h7-10,12-13,15-31H,4-6,32-37H2,1-3H3. The second-order valence-corrected chi connectivity index (χ2v) is 18.3. The van der Waals surface area contributed by atoms with Crippen LogP contribution in [0.15, 0.2) is 140 Å². The van der Waals surface area contributed by atoms with Crippen LogP contribution in [0.25, 0.3) is 21.8 Å². The van der Waals surface area contributed by atoms with Gasteiger partial charge >= 0.3 is 17.9 Å². The van der Waals surface area contributed by atoms with Crippen molar-refractivity contribution in [3.05, 3.63) is 190 Å². The summed E-state index contributed by atoms with van der Waals surface area (Å²) in [6, 6.07) is 43.3. The van der Waals surface area contributed by atoms with Crippen LogP contribution in [0.3, 0.4) is 0 Å². The summed E-state index contributed by atoms with van der Waals surface area (Å²) in [5.41, 5.74) is 8.83. The highest BCUT2D eigenvalue weighted by atomic mass is 16.5. The van der Waals surface area contributed by atoms with Crippen molar-refractivity contribution in [3.63, 3.8) is 0 Å². The maximum Gasteiger partial charge on any atom is 0.338 e. The zero-order valence-corrected chi connectivity index (χ0v) is 37.0. The highest BCUT2D eigenvalue weighted by Crippen LogP contribution is 2.74. The lowest BCUT2D eigenvalue weighted by Crippen LogP contribution is -2.67. The average molecular weight is 859 g/mol. The van der Waals surface area contributed by atoms with Crippen molar-refractivity contribution in [3.8, 4) is 11.8 Å². The molecule has 324 valence electrons. The van der Waals surface area contributed by atoms with E-state index in [9.17, 15) is 14.4 Å². The molecule has 7 aromatic rings. The third-order valence-electron chi connectivity index (χ3n) is 14.4. The Morgan fingerprint density at radius 2 is 0.846 bits per heavy atom. The highest BCUT2D eigenvalue weighted by molar-refractivity contribution is 6.05. The predicted octanol–water partition coefficient (Wildman–Crippen LogP) is 11.1. The van der Waals surface area contributed by atoms with Crippen LogP contribution < -0.4 is 0 Å². The molecule has 2 aromatic heterocycles. The second kappa shape index (κ2) is 16.5. The zero-order valence-electron chi connectivity index (χ0n) is 37.0. The number of hydrogen-bond donors (Lipinski definition) is 0. The Labute approximate surface area is 379 Å². The summed E-state index contributed by atoms with van der Waals surface area (Å²) < 4.78 is 16.2. The molecule has 0 N–H and O–H groups in total. The lowest BCUT2D eigenvalue weighted by Gasteiger charge is -2.71. The summed E-state index contributed by atoms with van der Waals surface area (Å²) in [5.74, 6) is 5.96. The average Bonchev–Trinajstić information content (AvgIpc) is 3.33. The minimum absolute atomic E-state index is 0.270. The molecule has 2 heterocycles. The number of pyridine rings is 2.